The number of fused-ring (bicyclic) bond motifs is 2. The van der Waals surface area contributed by atoms with Crippen LogP contribution >= 0.6 is 0 Å². The zero-order chi connectivity index (χ0) is 30.6. The second-order valence-electron chi connectivity index (χ2n) is 10.1. The number of carbonyl (C=O) groups is 6. The predicted octanol–water partition coefficient (Wildman–Crippen LogP) is -0.0286. The molecule has 2 heterocycles. The Morgan fingerprint density at radius 3 is 2.50 bits per heavy atom. The predicted molar refractivity (Wildman–Crippen MR) is 146 cm³/mol. The van der Waals surface area contributed by atoms with Crippen molar-refractivity contribution in [3.05, 3.63) is 48.0 Å². The Bertz CT molecular complexity index is 1540. The van der Waals surface area contributed by atoms with Gasteiger partial charge in [0.1, 0.15) is 18.1 Å². The summed E-state index contributed by atoms with van der Waals surface area (Å²) in [5, 5.41) is 15.0. The SMILES string of the molecule is CS(=O)(=O)N[C@H]1CCC(=O)N2CCCC(C(=O)NC(CC(=O)O)C(=O)COC(=O)c3cccc4ccccc34)N2C1=O. The number of Topliss-reactive ketones (excluding diaryl/α,β-unsaturated/α-hetero) is 1. The van der Waals surface area contributed by atoms with E-state index in [4.69, 9.17) is 4.74 Å². The number of carboxylic acid groups (broad SMARTS) is 1. The fraction of sp³-hybridized carbons (Fsp3) is 0.407. The Hall–Kier alpha value is -4.37. The summed E-state index contributed by atoms with van der Waals surface area (Å²) in [6.45, 7) is -0.722. The van der Waals surface area contributed by atoms with Gasteiger partial charge in [0.15, 0.2) is 12.4 Å². The number of nitrogens with zero attached hydrogens (tertiary/aromatic N) is 2. The average Bonchev–Trinajstić information content (AvgIpc) is 3.06. The normalized spacial score (nSPS) is 19.9. The van der Waals surface area contributed by atoms with Crippen LogP contribution in [0.15, 0.2) is 42.5 Å². The number of esters is 1. The van der Waals surface area contributed by atoms with E-state index in [1.54, 1.807) is 36.4 Å². The number of sulfonamides is 1. The van der Waals surface area contributed by atoms with Crippen LogP contribution in [0.5, 0.6) is 0 Å². The second kappa shape index (κ2) is 12.7. The summed E-state index contributed by atoms with van der Waals surface area (Å²) in [6, 6.07) is 7.76. The van der Waals surface area contributed by atoms with Crippen LogP contribution in [0.4, 0.5) is 0 Å². The van der Waals surface area contributed by atoms with E-state index >= 15 is 0 Å². The molecule has 2 aromatic rings. The van der Waals surface area contributed by atoms with Gasteiger partial charge < -0.3 is 15.2 Å². The number of hydrazine groups is 1. The van der Waals surface area contributed by atoms with E-state index < -0.39 is 76.6 Å². The summed E-state index contributed by atoms with van der Waals surface area (Å²) in [5.41, 5.74) is 0.198. The molecule has 0 aromatic heterocycles. The smallest absolute Gasteiger partial charge is 0.339 e. The molecular weight excluding hydrogens is 572 g/mol. The van der Waals surface area contributed by atoms with Crippen LogP contribution in [0, 0.1) is 0 Å². The Morgan fingerprint density at radius 1 is 1.07 bits per heavy atom. The monoisotopic (exact) mass is 602 g/mol. The lowest BCUT2D eigenvalue weighted by Crippen LogP contribution is -2.64. The topological polar surface area (TPSA) is 197 Å². The molecule has 42 heavy (non-hydrogen) atoms. The fourth-order valence-corrected chi connectivity index (χ4v) is 5.78. The highest BCUT2D eigenvalue weighted by Gasteiger charge is 2.45. The molecule has 2 aliphatic rings. The van der Waals surface area contributed by atoms with Crippen molar-refractivity contribution >= 4 is 56.2 Å². The minimum absolute atomic E-state index is 0.0665. The van der Waals surface area contributed by atoms with E-state index in [9.17, 15) is 42.3 Å². The molecule has 2 aromatic carbocycles. The molecule has 3 atom stereocenters. The first-order chi connectivity index (χ1) is 19.9. The van der Waals surface area contributed by atoms with Gasteiger partial charge in [-0.1, -0.05) is 36.4 Å². The van der Waals surface area contributed by atoms with Gasteiger partial charge >= 0.3 is 11.9 Å². The summed E-state index contributed by atoms with van der Waals surface area (Å²) in [4.78, 5) is 76.7. The number of carboxylic acids is 1. The van der Waals surface area contributed by atoms with E-state index in [0.717, 1.165) is 21.7 Å². The number of hydrogen-bond acceptors (Lipinski definition) is 9. The van der Waals surface area contributed by atoms with Crippen LogP contribution in [0.1, 0.15) is 42.5 Å². The molecule has 0 saturated carbocycles. The Morgan fingerprint density at radius 2 is 1.79 bits per heavy atom. The second-order valence-corrected chi connectivity index (χ2v) is 11.8. The van der Waals surface area contributed by atoms with E-state index in [2.05, 4.69) is 10.0 Å². The van der Waals surface area contributed by atoms with Crippen LogP contribution in [-0.4, -0.2) is 96.5 Å². The first-order valence-corrected chi connectivity index (χ1v) is 15.1. The molecule has 4 rings (SSSR count). The lowest BCUT2D eigenvalue weighted by atomic mass is 10.0. The molecule has 2 saturated heterocycles. The number of hydrogen-bond donors (Lipinski definition) is 3. The molecule has 0 aliphatic carbocycles. The maximum Gasteiger partial charge on any atom is 0.339 e. The largest absolute Gasteiger partial charge is 0.481 e. The zero-order valence-corrected chi connectivity index (χ0v) is 23.5. The van der Waals surface area contributed by atoms with E-state index in [-0.39, 0.29) is 31.4 Å². The number of ether oxygens (including phenoxy) is 1. The zero-order valence-electron chi connectivity index (χ0n) is 22.6. The van der Waals surface area contributed by atoms with Crippen molar-refractivity contribution in [1.82, 2.24) is 20.1 Å². The highest BCUT2D eigenvalue weighted by Crippen LogP contribution is 2.25. The molecule has 0 radical (unpaired) electrons. The Labute approximate surface area is 241 Å². The van der Waals surface area contributed by atoms with Crippen LogP contribution in [-0.2, 0) is 38.7 Å². The lowest BCUT2D eigenvalue weighted by molar-refractivity contribution is -0.176. The van der Waals surface area contributed by atoms with E-state index in [1.165, 1.54) is 6.07 Å². The molecule has 2 fully saturated rings. The third kappa shape index (κ3) is 7.09. The number of amides is 3. The van der Waals surface area contributed by atoms with Crippen molar-refractivity contribution in [2.45, 2.75) is 50.2 Å². The van der Waals surface area contributed by atoms with Gasteiger partial charge in [-0.15, -0.1) is 0 Å². The number of ketones is 1. The first kappa shape index (κ1) is 30.6. The molecule has 224 valence electrons. The van der Waals surface area contributed by atoms with E-state index in [0.29, 0.717) is 11.8 Å². The minimum atomic E-state index is -3.83. The molecule has 3 amide bonds. The minimum Gasteiger partial charge on any atom is -0.481 e. The lowest BCUT2D eigenvalue weighted by Gasteiger charge is -2.43. The van der Waals surface area contributed by atoms with Crippen LogP contribution in [0.2, 0.25) is 0 Å². The van der Waals surface area contributed by atoms with Gasteiger partial charge in [0, 0.05) is 13.0 Å². The summed E-state index contributed by atoms with van der Waals surface area (Å²) in [5.74, 6) is -5.37. The maximum absolute atomic E-state index is 13.4. The van der Waals surface area contributed by atoms with Crippen molar-refractivity contribution in [3.63, 3.8) is 0 Å². The van der Waals surface area contributed by atoms with Gasteiger partial charge in [-0.05, 0) is 36.1 Å². The van der Waals surface area contributed by atoms with Crippen molar-refractivity contribution < 1.29 is 47.0 Å². The van der Waals surface area contributed by atoms with Crippen LogP contribution < -0.4 is 10.0 Å². The number of benzene rings is 2. The molecule has 0 spiro atoms. The summed E-state index contributed by atoms with van der Waals surface area (Å²) < 4.78 is 31.0. The molecule has 3 N–H and O–H groups in total. The average molecular weight is 603 g/mol. The van der Waals surface area contributed by atoms with Crippen molar-refractivity contribution in [1.29, 1.82) is 0 Å². The Kier molecular flexibility index (Phi) is 9.21. The molecule has 0 bridgehead atoms. The molecule has 15 heteroatoms. The van der Waals surface area contributed by atoms with Crippen molar-refractivity contribution in [2.24, 2.45) is 0 Å². The van der Waals surface area contributed by atoms with Gasteiger partial charge in [-0.25, -0.2) is 22.9 Å². The summed E-state index contributed by atoms with van der Waals surface area (Å²) >= 11 is 0. The standard InChI is InChI=1S/C27H30N4O10S/c1-42(39,40)29-19-11-12-23(33)30-13-5-10-21(31(30)26(19)37)25(36)28-20(14-24(34)35)22(32)15-41-27(38)18-9-4-7-16-6-2-3-8-17(16)18/h2-4,6-9,19-21,29H,5,10-15H2,1H3,(H,28,36)(H,34,35)/t19-,20?,21?/m0/s1. The number of nitrogens with one attached hydrogen (secondary N) is 2. The molecule has 14 nitrogen and oxygen atoms in total. The van der Waals surface area contributed by atoms with Gasteiger partial charge in [-0.2, -0.15) is 0 Å². The number of rotatable bonds is 10. The summed E-state index contributed by atoms with van der Waals surface area (Å²) in [7, 11) is -3.83. The van der Waals surface area contributed by atoms with Crippen molar-refractivity contribution in [2.75, 3.05) is 19.4 Å². The third-order valence-electron chi connectivity index (χ3n) is 6.96. The fourth-order valence-electron chi connectivity index (χ4n) is 5.05. The first-order valence-electron chi connectivity index (χ1n) is 13.2. The van der Waals surface area contributed by atoms with Gasteiger partial charge in [0.05, 0.1) is 18.2 Å². The molecule has 2 aliphatic heterocycles. The third-order valence-corrected chi connectivity index (χ3v) is 7.67. The number of carbonyl (C=O) groups excluding carboxylic acids is 5. The highest BCUT2D eigenvalue weighted by molar-refractivity contribution is 7.88. The summed E-state index contributed by atoms with van der Waals surface area (Å²) in [6.07, 6.45) is 0.146. The number of aliphatic carboxylic acids is 1. The molecular formula is C27H30N4O10S. The van der Waals surface area contributed by atoms with Gasteiger partial charge in [0.2, 0.25) is 21.8 Å². The highest BCUT2D eigenvalue weighted by atomic mass is 32.2. The van der Waals surface area contributed by atoms with Crippen LogP contribution in [0.25, 0.3) is 10.8 Å². The molecule has 2 unspecified atom stereocenters. The Balaban J connectivity index is 1.49. The van der Waals surface area contributed by atoms with Crippen molar-refractivity contribution in [3.8, 4) is 0 Å². The van der Waals surface area contributed by atoms with Gasteiger partial charge in [-0.3, -0.25) is 29.0 Å². The quantitative estimate of drug-likeness (QED) is 0.311. The van der Waals surface area contributed by atoms with Gasteiger partial charge in [0.25, 0.3) is 5.91 Å². The van der Waals surface area contributed by atoms with E-state index in [1.807, 2.05) is 0 Å². The van der Waals surface area contributed by atoms with Crippen LogP contribution in [0.3, 0.4) is 0 Å². The maximum atomic E-state index is 13.4.